The minimum Gasteiger partial charge on any atom is -0.453 e. The van der Waals surface area contributed by atoms with Crippen LogP contribution in [0.5, 0.6) is 11.5 Å². The summed E-state index contributed by atoms with van der Waals surface area (Å²) >= 11 is 3.22. The molecule has 2 aromatic rings. The molecule has 0 unspecified atom stereocenters. The van der Waals surface area contributed by atoms with Crippen LogP contribution in [0.3, 0.4) is 0 Å². The van der Waals surface area contributed by atoms with E-state index in [1.165, 1.54) is 12.1 Å². The Morgan fingerprint density at radius 2 is 1.94 bits per heavy atom. The Morgan fingerprint density at radius 1 is 1.12 bits per heavy atom. The van der Waals surface area contributed by atoms with Crippen molar-refractivity contribution in [3.05, 3.63) is 58.6 Å². The number of halogens is 3. The summed E-state index contributed by atoms with van der Waals surface area (Å²) in [4.78, 5) is 0. The number of benzene rings is 2. The molecule has 2 aromatic carbocycles. The fourth-order valence-electron chi connectivity index (χ4n) is 1.16. The van der Waals surface area contributed by atoms with Gasteiger partial charge < -0.3 is 4.74 Å². The van der Waals surface area contributed by atoms with Crippen molar-refractivity contribution >= 4 is 15.9 Å². The van der Waals surface area contributed by atoms with Crippen molar-refractivity contribution in [1.82, 2.24) is 0 Å². The van der Waals surface area contributed by atoms with Gasteiger partial charge in [0.2, 0.25) is 5.82 Å². The molecule has 1 nitrogen and oxygen atoms in total. The Balaban J connectivity index is 2.35. The summed E-state index contributed by atoms with van der Waals surface area (Å²) in [5.74, 6) is -1.67. The molecule has 2 rings (SSSR count). The quantitative estimate of drug-likeness (QED) is 0.798. The lowest BCUT2D eigenvalue weighted by molar-refractivity contribution is 0.414. The van der Waals surface area contributed by atoms with Crippen LogP contribution in [0.2, 0.25) is 0 Å². The van der Waals surface area contributed by atoms with E-state index in [9.17, 15) is 8.78 Å². The number of ether oxygens (including phenoxy) is 1. The summed E-state index contributed by atoms with van der Waals surface area (Å²) in [6, 6.07) is 11.5. The molecule has 0 aliphatic rings. The molecule has 0 amide bonds. The Morgan fingerprint density at radius 3 is 2.69 bits per heavy atom. The van der Waals surface area contributed by atoms with Crippen molar-refractivity contribution in [2.24, 2.45) is 0 Å². The van der Waals surface area contributed by atoms with Crippen LogP contribution in [0.25, 0.3) is 0 Å². The van der Waals surface area contributed by atoms with Crippen molar-refractivity contribution in [2.75, 3.05) is 0 Å². The summed E-state index contributed by atoms with van der Waals surface area (Å²) in [5.41, 5.74) is 0. The lowest BCUT2D eigenvalue weighted by atomic mass is 10.3. The molecule has 1 radical (unpaired) electrons. The summed E-state index contributed by atoms with van der Waals surface area (Å²) in [5, 5.41) is 0. The second-order valence-electron chi connectivity index (χ2n) is 3.01. The lowest BCUT2D eigenvalue weighted by Crippen LogP contribution is -1.91. The van der Waals surface area contributed by atoms with E-state index in [0.717, 1.165) is 6.07 Å². The molecule has 0 aliphatic heterocycles. The smallest absolute Gasteiger partial charge is 0.201 e. The van der Waals surface area contributed by atoms with E-state index >= 15 is 0 Å². The maximum Gasteiger partial charge on any atom is 0.201 e. The van der Waals surface area contributed by atoms with Gasteiger partial charge in [0.25, 0.3) is 0 Å². The highest BCUT2D eigenvalue weighted by molar-refractivity contribution is 9.10. The molecule has 0 saturated heterocycles. The van der Waals surface area contributed by atoms with Crippen molar-refractivity contribution in [3.63, 3.8) is 0 Å². The molecular weight excluding hydrogens is 278 g/mol. The van der Waals surface area contributed by atoms with E-state index in [-0.39, 0.29) is 5.75 Å². The molecule has 81 valence electrons. The van der Waals surface area contributed by atoms with Gasteiger partial charge in [-0.15, -0.1) is 0 Å². The SMILES string of the molecule is Fc1cccc(Oc2cc[c]cc2Br)c1F. The van der Waals surface area contributed by atoms with Gasteiger partial charge in [-0.3, -0.25) is 0 Å². The van der Waals surface area contributed by atoms with Crippen LogP contribution >= 0.6 is 15.9 Å². The minimum atomic E-state index is -0.998. The molecular formula is C12H6BrF2O. The standard InChI is InChI=1S/C12H6BrF2O/c13-8-4-1-2-6-10(8)16-11-7-3-5-9(14)12(11)15/h2-7H. The van der Waals surface area contributed by atoms with E-state index in [1.54, 1.807) is 18.2 Å². The second kappa shape index (κ2) is 4.61. The predicted molar refractivity (Wildman–Crippen MR) is 59.4 cm³/mol. The van der Waals surface area contributed by atoms with Gasteiger partial charge in [0.05, 0.1) is 4.47 Å². The first-order valence-electron chi connectivity index (χ1n) is 4.46. The van der Waals surface area contributed by atoms with Crippen LogP contribution < -0.4 is 4.74 Å². The van der Waals surface area contributed by atoms with Gasteiger partial charge in [0.15, 0.2) is 11.6 Å². The van der Waals surface area contributed by atoms with Gasteiger partial charge >= 0.3 is 0 Å². The largest absolute Gasteiger partial charge is 0.453 e. The molecule has 0 atom stereocenters. The van der Waals surface area contributed by atoms with Gasteiger partial charge in [-0.2, -0.15) is 4.39 Å². The highest BCUT2D eigenvalue weighted by Gasteiger charge is 2.10. The lowest BCUT2D eigenvalue weighted by Gasteiger charge is -2.08. The van der Waals surface area contributed by atoms with E-state index < -0.39 is 11.6 Å². The van der Waals surface area contributed by atoms with Gasteiger partial charge in [0.1, 0.15) is 5.75 Å². The molecule has 0 fully saturated rings. The Bertz CT molecular complexity index is 514. The molecule has 0 aromatic heterocycles. The van der Waals surface area contributed by atoms with Crippen LogP contribution in [0.1, 0.15) is 0 Å². The van der Waals surface area contributed by atoms with E-state index in [2.05, 4.69) is 22.0 Å². The zero-order valence-corrected chi connectivity index (χ0v) is 9.59. The highest BCUT2D eigenvalue weighted by atomic mass is 79.9. The van der Waals surface area contributed by atoms with Gasteiger partial charge in [-0.25, -0.2) is 4.39 Å². The highest BCUT2D eigenvalue weighted by Crippen LogP contribution is 2.30. The maximum absolute atomic E-state index is 13.3. The Kier molecular flexibility index (Phi) is 3.19. The Labute approximate surface area is 99.8 Å². The average Bonchev–Trinajstić information content (AvgIpc) is 2.28. The molecule has 0 aliphatic carbocycles. The third-order valence-electron chi connectivity index (χ3n) is 1.91. The van der Waals surface area contributed by atoms with E-state index in [0.29, 0.717) is 10.2 Å². The predicted octanol–water partition coefficient (Wildman–Crippen LogP) is 4.32. The van der Waals surface area contributed by atoms with E-state index in [4.69, 9.17) is 4.74 Å². The fraction of sp³-hybridized carbons (Fsp3) is 0. The summed E-state index contributed by atoms with van der Waals surface area (Å²) in [6.45, 7) is 0. The molecule has 0 saturated carbocycles. The average molecular weight is 284 g/mol. The molecule has 0 spiro atoms. The molecule has 0 heterocycles. The molecule has 0 bridgehead atoms. The first kappa shape index (κ1) is 11.1. The van der Waals surface area contributed by atoms with Crippen LogP contribution in [-0.2, 0) is 0 Å². The summed E-state index contributed by atoms with van der Waals surface area (Å²) in [7, 11) is 0. The van der Waals surface area contributed by atoms with Crippen LogP contribution in [0.15, 0.2) is 40.9 Å². The van der Waals surface area contributed by atoms with Crippen LogP contribution in [0, 0.1) is 17.7 Å². The number of hydrogen-bond acceptors (Lipinski definition) is 1. The molecule has 4 heteroatoms. The third-order valence-corrected chi connectivity index (χ3v) is 2.53. The van der Waals surface area contributed by atoms with Crippen molar-refractivity contribution in [1.29, 1.82) is 0 Å². The second-order valence-corrected chi connectivity index (χ2v) is 3.86. The van der Waals surface area contributed by atoms with Crippen LogP contribution in [-0.4, -0.2) is 0 Å². The van der Waals surface area contributed by atoms with Crippen molar-refractivity contribution in [2.45, 2.75) is 0 Å². The van der Waals surface area contributed by atoms with Gasteiger partial charge in [-0.05, 0) is 46.3 Å². The number of rotatable bonds is 2. The molecule has 0 N–H and O–H groups in total. The zero-order valence-electron chi connectivity index (χ0n) is 8.01. The molecule has 16 heavy (non-hydrogen) atoms. The normalized spacial score (nSPS) is 10.2. The number of hydrogen-bond donors (Lipinski definition) is 0. The Hall–Kier alpha value is -1.42. The van der Waals surface area contributed by atoms with Crippen molar-refractivity contribution in [3.8, 4) is 11.5 Å². The third kappa shape index (κ3) is 2.22. The van der Waals surface area contributed by atoms with Crippen molar-refractivity contribution < 1.29 is 13.5 Å². The summed E-state index contributed by atoms with van der Waals surface area (Å²) < 4.78 is 32.1. The fourth-order valence-corrected chi connectivity index (χ4v) is 1.51. The maximum atomic E-state index is 13.3. The van der Waals surface area contributed by atoms with E-state index in [1.807, 2.05) is 0 Å². The van der Waals surface area contributed by atoms with Crippen LogP contribution in [0.4, 0.5) is 8.78 Å². The first-order chi connectivity index (χ1) is 7.68. The minimum absolute atomic E-state index is 0.146. The van der Waals surface area contributed by atoms with Gasteiger partial charge in [0, 0.05) is 0 Å². The monoisotopic (exact) mass is 283 g/mol. The topological polar surface area (TPSA) is 9.23 Å². The zero-order chi connectivity index (χ0) is 11.5. The first-order valence-corrected chi connectivity index (χ1v) is 5.25. The van der Waals surface area contributed by atoms with Gasteiger partial charge in [-0.1, -0.05) is 12.1 Å². The summed E-state index contributed by atoms with van der Waals surface area (Å²) in [6.07, 6.45) is 0.